The highest BCUT2D eigenvalue weighted by Crippen LogP contribution is 2.23. The SMILES string of the molecule is CC1CN(c2nc(F)c(C#Cc3cnccn3)cc2C=O)CC(C)O1. The second kappa shape index (κ2) is 7.36. The topological polar surface area (TPSA) is 68.2 Å². The van der Waals surface area contributed by atoms with E-state index in [0.29, 0.717) is 36.5 Å². The number of anilines is 1. The van der Waals surface area contributed by atoms with Gasteiger partial charge in [0.15, 0.2) is 6.29 Å². The number of aromatic nitrogens is 3. The van der Waals surface area contributed by atoms with E-state index in [0.717, 1.165) is 0 Å². The van der Waals surface area contributed by atoms with Crippen LogP contribution in [0.25, 0.3) is 0 Å². The molecule has 6 nitrogen and oxygen atoms in total. The van der Waals surface area contributed by atoms with Crippen LogP contribution in [0.5, 0.6) is 0 Å². The van der Waals surface area contributed by atoms with Gasteiger partial charge in [-0.3, -0.25) is 9.78 Å². The molecule has 1 fully saturated rings. The number of halogens is 1. The summed E-state index contributed by atoms with van der Waals surface area (Å²) >= 11 is 0. The Balaban J connectivity index is 1.94. The van der Waals surface area contributed by atoms with Crippen molar-refractivity contribution in [3.05, 3.63) is 47.4 Å². The Kier molecular flexibility index (Phi) is 5.00. The summed E-state index contributed by atoms with van der Waals surface area (Å²) in [6.45, 7) is 4.95. The Morgan fingerprint density at radius 3 is 2.68 bits per heavy atom. The maximum atomic E-state index is 14.4. The number of hydrogen-bond donors (Lipinski definition) is 0. The van der Waals surface area contributed by atoms with Gasteiger partial charge in [-0.25, -0.2) is 9.97 Å². The second-order valence-corrected chi connectivity index (χ2v) is 5.86. The summed E-state index contributed by atoms with van der Waals surface area (Å²) in [7, 11) is 0. The van der Waals surface area contributed by atoms with Gasteiger partial charge in [-0.2, -0.15) is 4.39 Å². The first-order valence-corrected chi connectivity index (χ1v) is 7.91. The van der Waals surface area contributed by atoms with Crippen molar-refractivity contribution in [2.24, 2.45) is 0 Å². The van der Waals surface area contributed by atoms with E-state index in [9.17, 15) is 9.18 Å². The third-order valence-electron chi connectivity index (χ3n) is 3.72. The first kappa shape index (κ1) is 17.0. The van der Waals surface area contributed by atoms with E-state index in [1.165, 1.54) is 24.7 Å². The smallest absolute Gasteiger partial charge is 0.230 e. The zero-order chi connectivity index (χ0) is 17.8. The van der Waals surface area contributed by atoms with Gasteiger partial charge in [-0.1, -0.05) is 5.92 Å². The Bertz CT molecular complexity index is 822. The van der Waals surface area contributed by atoms with Crippen LogP contribution >= 0.6 is 0 Å². The molecule has 0 aromatic carbocycles. The third-order valence-corrected chi connectivity index (χ3v) is 3.72. The number of rotatable bonds is 2. The molecule has 0 amide bonds. The highest BCUT2D eigenvalue weighted by atomic mass is 19.1. The Labute approximate surface area is 145 Å². The molecule has 2 unspecified atom stereocenters. The molecule has 25 heavy (non-hydrogen) atoms. The minimum Gasteiger partial charge on any atom is -0.372 e. The van der Waals surface area contributed by atoms with Crippen LogP contribution < -0.4 is 4.90 Å². The lowest BCUT2D eigenvalue weighted by Gasteiger charge is -2.36. The van der Waals surface area contributed by atoms with Crippen molar-refractivity contribution in [1.82, 2.24) is 15.0 Å². The number of morpholine rings is 1. The van der Waals surface area contributed by atoms with Crippen LogP contribution in [0.15, 0.2) is 24.7 Å². The summed E-state index contributed by atoms with van der Waals surface area (Å²) < 4.78 is 20.1. The first-order chi connectivity index (χ1) is 12.1. The quantitative estimate of drug-likeness (QED) is 0.472. The Morgan fingerprint density at radius 2 is 2.04 bits per heavy atom. The van der Waals surface area contributed by atoms with E-state index in [1.54, 1.807) is 0 Å². The molecule has 0 saturated carbocycles. The minimum atomic E-state index is -0.719. The van der Waals surface area contributed by atoms with Gasteiger partial charge in [0.25, 0.3) is 0 Å². The fourth-order valence-electron chi connectivity index (χ4n) is 2.77. The van der Waals surface area contributed by atoms with Crippen LogP contribution in [-0.2, 0) is 4.74 Å². The molecule has 0 bridgehead atoms. The van der Waals surface area contributed by atoms with Crippen LogP contribution in [0.1, 0.15) is 35.5 Å². The number of hydrogen-bond acceptors (Lipinski definition) is 6. The minimum absolute atomic E-state index is 0.0239. The second-order valence-electron chi connectivity index (χ2n) is 5.86. The molecule has 0 radical (unpaired) electrons. The zero-order valence-corrected chi connectivity index (χ0v) is 13.9. The lowest BCUT2D eigenvalue weighted by Crippen LogP contribution is -2.46. The third kappa shape index (κ3) is 3.98. The molecule has 0 N–H and O–H groups in total. The molecular formula is C18H17FN4O2. The van der Waals surface area contributed by atoms with Gasteiger partial charge >= 0.3 is 0 Å². The van der Waals surface area contributed by atoms with Gasteiger partial charge in [0, 0.05) is 25.5 Å². The number of ether oxygens (including phenoxy) is 1. The Hall–Kier alpha value is -2.85. The molecular weight excluding hydrogens is 323 g/mol. The average Bonchev–Trinajstić information content (AvgIpc) is 2.60. The highest BCUT2D eigenvalue weighted by molar-refractivity contribution is 5.83. The van der Waals surface area contributed by atoms with Crippen molar-refractivity contribution in [1.29, 1.82) is 0 Å². The maximum absolute atomic E-state index is 14.4. The number of carbonyl (C=O) groups excluding carboxylic acids is 1. The van der Waals surface area contributed by atoms with Crippen molar-refractivity contribution in [2.75, 3.05) is 18.0 Å². The average molecular weight is 340 g/mol. The molecule has 128 valence electrons. The molecule has 2 aromatic heterocycles. The van der Waals surface area contributed by atoms with E-state index >= 15 is 0 Å². The van der Waals surface area contributed by atoms with Gasteiger partial charge in [0.1, 0.15) is 11.5 Å². The summed E-state index contributed by atoms with van der Waals surface area (Å²) in [4.78, 5) is 25.2. The molecule has 1 aliphatic heterocycles. The number of pyridine rings is 1. The molecule has 7 heteroatoms. The molecule has 3 rings (SSSR count). The molecule has 3 heterocycles. The van der Waals surface area contributed by atoms with Gasteiger partial charge in [-0.05, 0) is 25.8 Å². The monoisotopic (exact) mass is 340 g/mol. The van der Waals surface area contributed by atoms with Crippen LogP contribution in [0.2, 0.25) is 0 Å². The fourth-order valence-corrected chi connectivity index (χ4v) is 2.77. The van der Waals surface area contributed by atoms with Gasteiger partial charge < -0.3 is 9.64 Å². The normalized spacial score (nSPS) is 19.9. The number of carbonyl (C=O) groups is 1. The van der Waals surface area contributed by atoms with Gasteiger partial charge in [0.2, 0.25) is 5.95 Å². The van der Waals surface area contributed by atoms with Crippen molar-refractivity contribution in [3.8, 4) is 11.8 Å². The fraction of sp³-hybridized carbons (Fsp3) is 0.333. The van der Waals surface area contributed by atoms with Gasteiger partial charge in [0.05, 0.1) is 29.5 Å². The molecule has 1 aliphatic rings. The van der Waals surface area contributed by atoms with E-state index in [2.05, 4.69) is 26.8 Å². The lowest BCUT2D eigenvalue weighted by atomic mass is 10.1. The van der Waals surface area contributed by atoms with Crippen molar-refractivity contribution < 1.29 is 13.9 Å². The molecule has 2 atom stereocenters. The summed E-state index contributed by atoms with van der Waals surface area (Å²) in [6, 6.07) is 1.42. The van der Waals surface area contributed by atoms with Crippen LogP contribution in [-0.4, -0.2) is 46.5 Å². The van der Waals surface area contributed by atoms with E-state index in [1.807, 2.05) is 18.7 Å². The van der Waals surface area contributed by atoms with Crippen LogP contribution in [0.4, 0.5) is 10.2 Å². The van der Waals surface area contributed by atoms with Crippen molar-refractivity contribution >= 4 is 12.1 Å². The lowest BCUT2D eigenvalue weighted by molar-refractivity contribution is -0.00554. The molecule has 2 aromatic rings. The van der Waals surface area contributed by atoms with Crippen LogP contribution in [0, 0.1) is 17.8 Å². The van der Waals surface area contributed by atoms with Crippen molar-refractivity contribution in [3.63, 3.8) is 0 Å². The number of aldehydes is 1. The predicted octanol–water partition coefficient (Wildman–Crippen LogP) is 1.84. The largest absolute Gasteiger partial charge is 0.372 e. The maximum Gasteiger partial charge on any atom is 0.230 e. The van der Waals surface area contributed by atoms with E-state index in [4.69, 9.17) is 4.74 Å². The highest BCUT2D eigenvalue weighted by Gasteiger charge is 2.25. The predicted molar refractivity (Wildman–Crippen MR) is 89.8 cm³/mol. The standard InChI is InChI=1S/C18H17FN4O2/c1-12-9-23(10-13(2)25-12)18-15(11-24)7-14(17(19)22-18)3-4-16-8-20-5-6-21-16/h5-8,11-13H,9-10H2,1-2H3. The first-order valence-electron chi connectivity index (χ1n) is 7.91. The Morgan fingerprint density at radius 1 is 1.28 bits per heavy atom. The van der Waals surface area contributed by atoms with Crippen molar-refractivity contribution in [2.45, 2.75) is 26.1 Å². The molecule has 0 aliphatic carbocycles. The van der Waals surface area contributed by atoms with Gasteiger partial charge in [-0.15, -0.1) is 0 Å². The molecule has 0 spiro atoms. The summed E-state index contributed by atoms with van der Waals surface area (Å²) in [6.07, 6.45) is 5.12. The summed E-state index contributed by atoms with van der Waals surface area (Å²) in [5, 5.41) is 0. The van der Waals surface area contributed by atoms with E-state index < -0.39 is 5.95 Å². The molecule has 1 saturated heterocycles. The zero-order valence-electron chi connectivity index (χ0n) is 13.9. The summed E-state index contributed by atoms with van der Waals surface area (Å²) in [5.74, 6) is 4.97. The summed E-state index contributed by atoms with van der Waals surface area (Å²) in [5.41, 5.74) is 0.756. The van der Waals surface area contributed by atoms with Crippen LogP contribution in [0.3, 0.4) is 0 Å². The van der Waals surface area contributed by atoms with E-state index in [-0.39, 0.29) is 17.8 Å². The number of nitrogens with zero attached hydrogens (tertiary/aromatic N) is 4.